The molecule has 1 N–H and O–H groups in total. The van der Waals surface area contributed by atoms with E-state index in [4.69, 9.17) is 9.94 Å². The van der Waals surface area contributed by atoms with Crippen molar-refractivity contribution in [3.05, 3.63) is 34.9 Å². The Balaban J connectivity index is 2.24. The Morgan fingerprint density at radius 2 is 2.27 bits per heavy atom. The van der Waals surface area contributed by atoms with E-state index in [0.29, 0.717) is 6.42 Å². The van der Waals surface area contributed by atoms with Crippen molar-refractivity contribution in [3.63, 3.8) is 0 Å². The molecule has 0 saturated carbocycles. The molecule has 0 saturated heterocycles. The molecule has 0 fully saturated rings. The van der Waals surface area contributed by atoms with Crippen LogP contribution in [0.4, 0.5) is 0 Å². The second-order valence-electron chi connectivity index (χ2n) is 3.97. The molecule has 80 valence electrons. The largest absolute Gasteiger partial charge is 0.392 e. The molecule has 1 atom stereocenters. The van der Waals surface area contributed by atoms with E-state index in [2.05, 4.69) is 37.2 Å². The van der Waals surface area contributed by atoms with Crippen LogP contribution in [0.2, 0.25) is 0 Å². The van der Waals surface area contributed by atoms with Crippen LogP contribution in [0.1, 0.15) is 23.1 Å². The number of hydrogen-bond acceptors (Lipinski definition) is 3. The lowest BCUT2D eigenvalue weighted by Gasteiger charge is -2.05. The molecule has 3 nitrogen and oxygen atoms in total. The van der Waals surface area contributed by atoms with E-state index in [-0.39, 0.29) is 12.7 Å². The van der Waals surface area contributed by atoms with Gasteiger partial charge in [-0.1, -0.05) is 28.9 Å². The van der Waals surface area contributed by atoms with Crippen molar-refractivity contribution >= 4 is 5.71 Å². The molecule has 1 unspecified atom stereocenters. The highest BCUT2D eigenvalue weighted by molar-refractivity contribution is 6.02. The van der Waals surface area contributed by atoms with Crippen LogP contribution >= 0.6 is 0 Å². The zero-order chi connectivity index (χ0) is 10.8. The number of aliphatic hydroxyl groups is 1. The maximum absolute atomic E-state index is 8.95. The molecule has 0 bridgehead atoms. The van der Waals surface area contributed by atoms with Gasteiger partial charge in [0, 0.05) is 12.0 Å². The third-order valence-electron chi connectivity index (χ3n) is 2.63. The summed E-state index contributed by atoms with van der Waals surface area (Å²) in [5, 5.41) is 13.0. The van der Waals surface area contributed by atoms with Gasteiger partial charge < -0.3 is 9.94 Å². The molecule has 0 spiro atoms. The van der Waals surface area contributed by atoms with Crippen molar-refractivity contribution in [1.82, 2.24) is 0 Å². The summed E-state index contributed by atoms with van der Waals surface area (Å²) >= 11 is 0. The Labute approximate surface area is 89.4 Å². The molecule has 0 radical (unpaired) electrons. The number of rotatable bonds is 2. The molecule has 2 rings (SSSR count). The maximum Gasteiger partial charge on any atom is 0.156 e. The van der Waals surface area contributed by atoms with Crippen molar-refractivity contribution in [2.75, 3.05) is 6.61 Å². The molecule has 1 aromatic rings. The van der Waals surface area contributed by atoms with Crippen molar-refractivity contribution in [1.29, 1.82) is 0 Å². The number of aryl methyl sites for hydroxylation is 2. The Kier molecular flexibility index (Phi) is 2.73. The second kappa shape index (κ2) is 4.03. The molecule has 1 aromatic carbocycles. The standard InChI is InChI=1S/C12H15NO2/c1-8-3-4-11(9(2)5-8)12-6-10(7-14)15-13-12/h3-5,10,14H,6-7H2,1-2H3. The van der Waals surface area contributed by atoms with Gasteiger partial charge in [-0.25, -0.2) is 0 Å². The monoisotopic (exact) mass is 205 g/mol. The summed E-state index contributed by atoms with van der Waals surface area (Å²) in [6.45, 7) is 4.16. The number of nitrogens with zero attached hydrogens (tertiary/aromatic N) is 1. The van der Waals surface area contributed by atoms with E-state index in [1.54, 1.807) is 0 Å². The third-order valence-corrected chi connectivity index (χ3v) is 2.63. The molecular formula is C12H15NO2. The van der Waals surface area contributed by atoms with Gasteiger partial charge in [-0.3, -0.25) is 0 Å². The van der Waals surface area contributed by atoms with E-state index >= 15 is 0 Å². The summed E-state index contributed by atoms with van der Waals surface area (Å²) in [6.07, 6.45) is 0.529. The lowest BCUT2D eigenvalue weighted by molar-refractivity contribution is 0.0390. The second-order valence-corrected chi connectivity index (χ2v) is 3.97. The average molecular weight is 205 g/mol. The molecular weight excluding hydrogens is 190 g/mol. The van der Waals surface area contributed by atoms with Crippen molar-refractivity contribution in [2.45, 2.75) is 26.4 Å². The van der Waals surface area contributed by atoms with Crippen LogP contribution in [-0.2, 0) is 4.84 Å². The van der Waals surface area contributed by atoms with Crippen molar-refractivity contribution in [3.8, 4) is 0 Å². The summed E-state index contributed by atoms with van der Waals surface area (Å²) in [5.41, 5.74) is 4.51. The zero-order valence-electron chi connectivity index (χ0n) is 9.03. The SMILES string of the molecule is Cc1ccc(C2=NOC(CO)C2)c(C)c1. The van der Waals surface area contributed by atoms with E-state index < -0.39 is 0 Å². The fourth-order valence-corrected chi connectivity index (χ4v) is 1.82. The summed E-state index contributed by atoms with van der Waals surface area (Å²) in [6, 6.07) is 6.26. The highest BCUT2D eigenvalue weighted by Crippen LogP contribution is 2.19. The van der Waals surface area contributed by atoms with Gasteiger partial charge in [0.1, 0.15) is 0 Å². The minimum atomic E-state index is -0.166. The minimum Gasteiger partial charge on any atom is -0.392 e. The first-order valence-electron chi connectivity index (χ1n) is 5.12. The van der Waals surface area contributed by atoms with Gasteiger partial charge >= 0.3 is 0 Å². The summed E-state index contributed by atoms with van der Waals surface area (Å²) in [7, 11) is 0. The van der Waals surface area contributed by atoms with Crippen LogP contribution < -0.4 is 0 Å². The van der Waals surface area contributed by atoms with Gasteiger partial charge in [-0.05, 0) is 19.4 Å². The molecule has 1 heterocycles. The first-order chi connectivity index (χ1) is 7.20. The summed E-state index contributed by atoms with van der Waals surface area (Å²) in [5.74, 6) is 0. The van der Waals surface area contributed by atoms with E-state index in [9.17, 15) is 0 Å². The predicted molar refractivity (Wildman–Crippen MR) is 59.0 cm³/mol. The normalized spacial score (nSPS) is 19.9. The number of hydrogen-bond donors (Lipinski definition) is 1. The molecule has 0 aliphatic carbocycles. The highest BCUT2D eigenvalue weighted by atomic mass is 16.6. The third kappa shape index (κ3) is 2.02. The van der Waals surface area contributed by atoms with Gasteiger partial charge in [-0.15, -0.1) is 0 Å². The fourth-order valence-electron chi connectivity index (χ4n) is 1.82. The lowest BCUT2D eigenvalue weighted by Crippen LogP contribution is -2.13. The van der Waals surface area contributed by atoms with Crippen LogP contribution in [0.5, 0.6) is 0 Å². The van der Waals surface area contributed by atoms with Crippen LogP contribution in [0.3, 0.4) is 0 Å². The number of benzene rings is 1. The quantitative estimate of drug-likeness (QED) is 0.799. The fraction of sp³-hybridized carbons (Fsp3) is 0.417. The van der Waals surface area contributed by atoms with E-state index in [1.165, 1.54) is 11.1 Å². The number of aliphatic hydroxyl groups excluding tert-OH is 1. The van der Waals surface area contributed by atoms with Crippen molar-refractivity contribution < 1.29 is 9.94 Å². The predicted octanol–water partition coefficient (Wildman–Crippen LogP) is 1.79. The Morgan fingerprint density at radius 1 is 1.47 bits per heavy atom. The van der Waals surface area contributed by atoms with Crippen LogP contribution in [-0.4, -0.2) is 23.5 Å². The average Bonchev–Trinajstić information content (AvgIpc) is 2.66. The highest BCUT2D eigenvalue weighted by Gasteiger charge is 2.21. The Hall–Kier alpha value is -1.35. The lowest BCUT2D eigenvalue weighted by atomic mass is 9.99. The molecule has 0 amide bonds. The molecule has 1 aliphatic heterocycles. The minimum absolute atomic E-state index is 0.0257. The molecule has 1 aliphatic rings. The van der Waals surface area contributed by atoms with Gasteiger partial charge in [0.2, 0.25) is 0 Å². The van der Waals surface area contributed by atoms with Gasteiger partial charge in [-0.2, -0.15) is 0 Å². The Bertz CT molecular complexity index is 399. The van der Waals surface area contributed by atoms with Gasteiger partial charge in [0.05, 0.1) is 12.3 Å². The first kappa shape index (κ1) is 10.2. The molecule has 0 aromatic heterocycles. The van der Waals surface area contributed by atoms with Gasteiger partial charge in [0.25, 0.3) is 0 Å². The Morgan fingerprint density at radius 3 is 2.87 bits per heavy atom. The smallest absolute Gasteiger partial charge is 0.156 e. The molecule has 3 heteroatoms. The van der Waals surface area contributed by atoms with Crippen LogP contribution in [0.25, 0.3) is 0 Å². The van der Waals surface area contributed by atoms with Crippen LogP contribution in [0.15, 0.2) is 23.4 Å². The topological polar surface area (TPSA) is 41.8 Å². The van der Waals surface area contributed by atoms with Crippen LogP contribution in [0, 0.1) is 13.8 Å². The number of oxime groups is 1. The first-order valence-corrected chi connectivity index (χ1v) is 5.12. The molecule has 15 heavy (non-hydrogen) atoms. The summed E-state index contributed by atoms with van der Waals surface area (Å²) in [4.78, 5) is 5.09. The zero-order valence-corrected chi connectivity index (χ0v) is 9.03. The van der Waals surface area contributed by atoms with E-state index in [1.807, 2.05) is 0 Å². The van der Waals surface area contributed by atoms with E-state index in [0.717, 1.165) is 11.3 Å². The summed E-state index contributed by atoms with van der Waals surface area (Å²) < 4.78 is 0. The van der Waals surface area contributed by atoms with Crippen molar-refractivity contribution in [2.24, 2.45) is 5.16 Å². The maximum atomic E-state index is 8.95. The van der Waals surface area contributed by atoms with Gasteiger partial charge in [0.15, 0.2) is 6.10 Å².